The smallest absolute Gasteiger partial charge is 0.322 e. The lowest BCUT2D eigenvalue weighted by atomic mass is 9.74. The lowest BCUT2D eigenvalue weighted by molar-refractivity contribution is -0.127. The van der Waals surface area contributed by atoms with Gasteiger partial charge < -0.3 is 10.3 Å². The quantitative estimate of drug-likeness (QED) is 0.496. The highest BCUT2D eigenvalue weighted by Crippen LogP contribution is 2.35. The zero-order valence-electron chi connectivity index (χ0n) is 19.0. The summed E-state index contributed by atoms with van der Waals surface area (Å²) < 4.78 is 0. The minimum absolute atomic E-state index is 0.150. The number of benzene rings is 1. The number of imide groups is 1. The van der Waals surface area contributed by atoms with Gasteiger partial charge in [0, 0.05) is 24.9 Å². The largest absolute Gasteiger partial charge is 0.345 e. The molecule has 1 aromatic heterocycles. The number of likely N-dealkylation sites (tertiary alicyclic amines) is 1. The molecule has 3 heterocycles. The van der Waals surface area contributed by atoms with Crippen LogP contribution >= 0.6 is 0 Å². The first kappa shape index (κ1) is 22.5. The number of hydrogen-bond acceptors (Lipinski definition) is 4. The lowest BCUT2D eigenvalue weighted by Crippen LogP contribution is -2.56. The van der Waals surface area contributed by atoms with Crippen LogP contribution in [-0.4, -0.2) is 45.4 Å². The first-order valence-corrected chi connectivity index (χ1v) is 12.0. The van der Waals surface area contributed by atoms with Gasteiger partial charge in [0.05, 0.1) is 0 Å². The molecule has 2 fully saturated rings. The normalized spacial score (nSPS) is 22.2. The van der Waals surface area contributed by atoms with Gasteiger partial charge in [-0.15, -0.1) is 0 Å². The molecule has 0 aliphatic carbocycles. The maximum atomic E-state index is 12.9. The molecule has 32 heavy (non-hydrogen) atoms. The number of unbranched alkanes of at least 4 members (excludes halogenated alkanes) is 1. The summed E-state index contributed by atoms with van der Waals surface area (Å²) in [4.78, 5) is 35.3. The molecule has 3 amide bonds. The van der Waals surface area contributed by atoms with Gasteiger partial charge in [-0.3, -0.25) is 15.0 Å². The average molecular weight is 438 g/mol. The van der Waals surface area contributed by atoms with E-state index in [1.165, 1.54) is 12.0 Å². The Morgan fingerprint density at radius 1 is 1.09 bits per heavy atom. The van der Waals surface area contributed by atoms with Crippen molar-refractivity contribution in [1.82, 2.24) is 25.5 Å². The van der Waals surface area contributed by atoms with Crippen molar-refractivity contribution in [3.05, 3.63) is 53.6 Å². The number of nitrogens with one attached hydrogen (secondary N) is 3. The average Bonchev–Trinajstić information content (AvgIpc) is 3.37. The number of urea groups is 1. The summed E-state index contributed by atoms with van der Waals surface area (Å²) >= 11 is 0. The molecular formula is C25H35N5O2. The summed E-state index contributed by atoms with van der Waals surface area (Å²) in [5, 5.41) is 5.53. The van der Waals surface area contributed by atoms with E-state index in [1.54, 1.807) is 0 Å². The van der Waals surface area contributed by atoms with Crippen LogP contribution in [0.3, 0.4) is 0 Å². The first-order chi connectivity index (χ1) is 15.6. The number of carbonyl (C=O) groups is 2. The van der Waals surface area contributed by atoms with Crippen molar-refractivity contribution in [2.45, 2.75) is 70.4 Å². The summed E-state index contributed by atoms with van der Waals surface area (Å²) in [6.45, 7) is 4.87. The SMILES string of the molecule is CCCCc1ncc(CN2CCC(C3(CCCc4ccccc4)NC(=O)NC3=O)CC2)[nH]1. The van der Waals surface area contributed by atoms with Crippen molar-refractivity contribution in [2.24, 2.45) is 5.92 Å². The first-order valence-electron chi connectivity index (χ1n) is 12.0. The van der Waals surface area contributed by atoms with Gasteiger partial charge in [0.15, 0.2) is 0 Å². The van der Waals surface area contributed by atoms with E-state index in [-0.39, 0.29) is 17.9 Å². The van der Waals surface area contributed by atoms with E-state index in [1.807, 2.05) is 24.4 Å². The third-order valence-electron chi connectivity index (χ3n) is 6.97. The molecule has 1 aromatic carbocycles. The third-order valence-corrected chi connectivity index (χ3v) is 6.97. The van der Waals surface area contributed by atoms with E-state index in [4.69, 9.17) is 0 Å². The second kappa shape index (κ2) is 10.3. The second-order valence-electron chi connectivity index (χ2n) is 9.23. The number of hydrogen-bond donors (Lipinski definition) is 3. The van der Waals surface area contributed by atoms with Crippen molar-refractivity contribution in [2.75, 3.05) is 13.1 Å². The molecule has 3 N–H and O–H groups in total. The molecule has 2 aliphatic heterocycles. The molecule has 4 rings (SSSR count). The van der Waals surface area contributed by atoms with Crippen LogP contribution in [0.4, 0.5) is 4.79 Å². The molecule has 1 unspecified atom stereocenters. The summed E-state index contributed by atoms with van der Waals surface area (Å²) in [5.74, 6) is 1.07. The summed E-state index contributed by atoms with van der Waals surface area (Å²) in [6, 6.07) is 9.96. The van der Waals surface area contributed by atoms with E-state index in [0.717, 1.165) is 69.7 Å². The van der Waals surface area contributed by atoms with Gasteiger partial charge in [0.25, 0.3) is 5.91 Å². The molecule has 7 heteroatoms. The molecule has 0 bridgehead atoms. The second-order valence-corrected chi connectivity index (χ2v) is 9.23. The minimum Gasteiger partial charge on any atom is -0.345 e. The van der Waals surface area contributed by atoms with Gasteiger partial charge >= 0.3 is 6.03 Å². The number of carbonyl (C=O) groups excluding carboxylic acids is 2. The van der Waals surface area contributed by atoms with E-state index in [2.05, 4.69) is 44.6 Å². The third kappa shape index (κ3) is 5.21. The standard InChI is InChI=1S/C25H35N5O2/c1-2-3-11-22-26-17-21(27-22)18-30-15-12-20(13-16-30)25(23(31)28-24(32)29-25)14-7-10-19-8-5-4-6-9-19/h4-6,8-9,17,20H,2-3,7,10-16,18H2,1H3,(H,26,27)(H2,28,29,31,32). The number of aromatic nitrogens is 2. The van der Waals surface area contributed by atoms with Gasteiger partial charge in [-0.1, -0.05) is 43.7 Å². The number of imidazole rings is 1. The maximum absolute atomic E-state index is 12.9. The highest BCUT2D eigenvalue weighted by atomic mass is 16.2. The molecule has 7 nitrogen and oxygen atoms in total. The zero-order chi connectivity index (χ0) is 22.4. The fraction of sp³-hybridized carbons (Fsp3) is 0.560. The fourth-order valence-corrected chi connectivity index (χ4v) is 5.17. The Kier molecular flexibility index (Phi) is 7.25. The molecule has 2 aromatic rings. The molecular weight excluding hydrogens is 402 g/mol. The Morgan fingerprint density at radius 2 is 1.88 bits per heavy atom. The Labute approximate surface area is 190 Å². The molecule has 1 atom stereocenters. The number of H-pyrrole nitrogens is 1. The molecule has 0 radical (unpaired) electrons. The highest BCUT2D eigenvalue weighted by molar-refractivity contribution is 6.07. The molecule has 0 spiro atoms. The monoisotopic (exact) mass is 437 g/mol. The summed E-state index contributed by atoms with van der Waals surface area (Å²) in [6.07, 6.45) is 9.51. The van der Waals surface area contributed by atoms with Crippen LogP contribution in [0.5, 0.6) is 0 Å². The van der Waals surface area contributed by atoms with Crippen molar-refractivity contribution in [3.63, 3.8) is 0 Å². The van der Waals surface area contributed by atoms with Gasteiger partial charge in [0.2, 0.25) is 0 Å². The number of aryl methyl sites for hydroxylation is 2. The molecule has 0 saturated carbocycles. The Balaban J connectivity index is 1.33. The predicted molar refractivity (Wildman–Crippen MR) is 124 cm³/mol. The minimum atomic E-state index is -0.779. The van der Waals surface area contributed by atoms with E-state index < -0.39 is 5.54 Å². The van der Waals surface area contributed by atoms with E-state index in [0.29, 0.717) is 6.42 Å². The fourth-order valence-electron chi connectivity index (χ4n) is 5.17. The number of amides is 3. The molecule has 2 saturated heterocycles. The van der Waals surface area contributed by atoms with Crippen LogP contribution in [0.2, 0.25) is 0 Å². The van der Waals surface area contributed by atoms with E-state index >= 15 is 0 Å². The number of piperidine rings is 1. The predicted octanol–water partition coefficient (Wildman–Crippen LogP) is 3.57. The van der Waals surface area contributed by atoms with Crippen molar-refractivity contribution in [3.8, 4) is 0 Å². The topological polar surface area (TPSA) is 90.1 Å². The van der Waals surface area contributed by atoms with Gasteiger partial charge in [-0.05, 0) is 63.1 Å². The Hall–Kier alpha value is -2.67. The summed E-state index contributed by atoms with van der Waals surface area (Å²) in [7, 11) is 0. The maximum Gasteiger partial charge on any atom is 0.322 e. The van der Waals surface area contributed by atoms with Crippen molar-refractivity contribution < 1.29 is 9.59 Å². The van der Waals surface area contributed by atoms with Crippen LogP contribution in [0, 0.1) is 5.92 Å². The van der Waals surface area contributed by atoms with E-state index in [9.17, 15) is 9.59 Å². The number of rotatable bonds is 10. The number of nitrogens with zero attached hydrogens (tertiary/aromatic N) is 2. The van der Waals surface area contributed by atoms with Crippen LogP contribution in [0.15, 0.2) is 36.5 Å². The number of aromatic amines is 1. The van der Waals surface area contributed by atoms with Crippen LogP contribution in [-0.2, 0) is 24.2 Å². The Morgan fingerprint density at radius 3 is 2.56 bits per heavy atom. The highest BCUT2D eigenvalue weighted by Gasteiger charge is 2.51. The van der Waals surface area contributed by atoms with Crippen molar-refractivity contribution in [1.29, 1.82) is 0 Å². The van der Waals surface area contributed by atoms with Crippen molar-refractivity contribution >= 4 is 11.9 Å². The summed E-state index contributed by atoms with van der Waals surface area (Å²) in [5.41, 5.74) is 1.64. The molecule has 2 aliphatic rings. The van der Waals surface area contributed by atoms with Gasteiger partial charge in [-0.25, -0.2) is 9.78 Å². The van der Waals surface area contributed by atoms with Gasteiger partial charge in [-0.2, -0.15) is 0 Å². The van der Waals surface area contributed by atoms with Gasteiger partial charge in [0.1, 0.15) is 11.4 Å². The lowest BCUT2D eigenvalue weighted by Gasteiger charge is -2.40. The van der Waals surface area contributed by atoms with Crippen LogP contribution in [0.1, 0.15) is 62.5 Å². The van der Waals surface area contributed by atoms with Crippen LogP contribution < -0.4 is 10.6 Å². The van der Waals surface area contributed by atoms with Crippen LogP contribution in [0.25, 0.3) is 0 Å². The Bertz CT molecular complexity index is 904. The molecule has 172 valence electrons. The zero-order valence-corrected chi connectivity index (χ0v) is 19.0.